The third-order valence-electron chi connectivity index (χ3n) is 0.756. The van der Waals surface area contributed by atoms with E-state index < -0.39 is 0 Å². The summed E-state index contributed by atoms with van der Waals surface area (Å²) in [6, 6.07) is 8.71. The Labute approximate surface area is 69.7 Å². The van der Waals surface area contributed by atoms with Gasteiger partial charge in [-0.15, -0.1) is 0 Å². The molecule has 2 radical (unpaired) electrons. The summed E-state index contributed by atoms with van der Waals surface area (Å²) in [4.78, 5) is 0. The molecule has 0 aliphatic carbocycles. The fraction of sp³-hybridized carbons (Fsp3) is 0. The first-order chi connectivity index (χ1) is 4.39. The number of aromatic hydroxyl groups is 1. The van der Waals surface area contributed by atoms with Gasteiger partial charge in [-0.25, -0.2) is 0 Å². The van der Waals surface area contributed by atoms with Gasteiger partial charge >= 0.3 is 28.5 Å². The Morgan fingerprint density at radius 3 is 1.78 bits per heavy atom. The van der Waals surface area contributed by atoms with Crippen LogP contribution in [-0.2, 0) is 2.69 Å². The van der Waals surface area contributed by atoms with Gasteiger partial charge in [-0.1, -0.05) is 18.2 Å². The molecule has 1 aromatic carbocycles. The van der Waals surface area contributed by atoms with Gasteiger partial charge in [0.25, 0.3) is 0 Å². The van der Waals surface area contributed by atoms with Gasteiger partial charge in [0.05, 0.1) is 0 Å². The first-order valence-corrected chi connectivity index (χ1v) is 3.93. The first-order valence-electron chi connectivity index (χ1n) is 2.34. The van der Waals surface area contributed by atoms with Crippen molar-refractivity contribution in [1.29, 1.82) is 0 Å². The van der Waals surface area contributed by atoms with Crippen LogP contribution in [0.25, 0.3) is 0 Å². The molecule has 0 heterocycles. The summed E-state index contributed by atoms with van der Waals surface area (Å²) in [5.41, 5.74) is 0. The summed E-state index contributed by atoms with van der Waals surface area (Å²) in [5.74, 6) is 0.322. The predicted molar refractivity (Wildman–Crippen MR) is 34.5 cm³/mol. The molecule has 46 valence electrons. The number of rotatable bonds is 0. The van der Waals surface area contributed by atoms with Gasteiger partial charge in [-0.05, 0) is 12.1 Å². The van der Waals surface area contributed by atoms with Crippen LogP contribution in [0.4, 0.5) is 0 Å². The van der Waals surface area contributed by atoms with Gasteiger partial charge in [0.1, 0.15) is 5.75 Å². The van der Waals surface area contributed by atoms with E-state index in [0.717, 1.165) is 0 Å². The summed E-state index contributed by atoms with van der Waals surface area (Å²) in [6.45, 7) is 0. The molecule has 2 nitrogen and oxygen atoms in total. The zero-order chi connectivity index (χ0) is 7.11. The van der Waals surface area contributed by atoms with Crippen LogP contribution in [0.5, 0.6) is 5.75 Å². The van der Waals surface area contributed by atoms with E-state index in [9.17, 15) is 0 Å². The monoisotopic (exact) mass is 318 g/mol. The van der Waals surface area contributed by atoms with Crippen molar-refractivity contribution >= 4 is 25.8 Å². The van der Waals surface area contributed by atoms with Crippen LogP contribution in [0, 0.1) is 0 Å². The van der Waals surface area contributed by atoms with E-state index in [1.165, 1.54) is 0 Å². The minimum atomic E-state index is 0.0556. The molecule has 0 aliphatic rings. The van der Waals surface area contributed by atoms with Crippen molar-refractivity contribution in [3.05, 3.63) is 30.3 Å². The predicted octanol–water partition coefficient (Wildman–Crippen LogP) is 0.893. The van der Waals surface area contributed by atoms with Crippen LogP contribution in [-0.4, -0.2) is 30.9 Å². The number of hydrogen-bond donors (Lipinski definition) is 1. The normalized spacial score (nSPS) is 7.11. The van der Waals surface area contributed by atoms with Crippen molar-refractivity contribution in [2.45, 2.75) is 0 Å². The first kappa shape index (κ1) is 8.74. The fourth-order valence-electron chi connectivity index (χ4n) is 0.428. The Morgan fingerprint density at radius 1 is 1.11 bits per heavy atom. The van der Waals surface area contributed by atoms with Crippen molar-refractivity contribution in [3.8, 4) is 5.75 Å². The Hall–Kier alpha value is -0.258. The molecular weight excluding hydrogens is 311 g/mol. The van der Waals surface area contributed by atoms with Crippen molar-refractivity contribution in [2.24, 2.45) is 0 Å². The summed E-state index contributed by atoms with van der Waals surface area (Å²) >= 11 is 0.0556. The SMILES string of the molecule is Oc1ccccc1.[O]=[Pb]. The van der Waals surface area contributed by atoms with Crippen LogP contribution in [0.1, 0.15) is 0 Å². The van der Waals surface area contributed by atoms with Crippen LogP contribution >= 0.6 is 0 Å². The number of phenols is 1. The molecule has 9 heavy (non-hydrogen) atoms. The van der Waals surface area contributed by atoms with Gasteiger partial charge in [0.15, 0.2) is 0 Å². The van der Waals surface area contributed by atoms with Crippen molar-refractivity contribution in [2.75, 3.05) is 0 Å². The Bertz CT molecular complexity index is 152. The molecule has 0 spiro atoms. The second-order valence-electron chi connectivity index (χ2n) is 1.34. The number of hydrogen-bond acceptors (Lipinski definition) is 2. The van der Waals surface area contributed by atoms with Crippen molar-refractivity contribution in [3.63, 3.8) is 0 Å². The van der Waals surface area contributed by atoms with E-state index >= 15 is 0 Å². The van der Waals surface area contributed by atoms with Gasteiger partial charge < -0.3 is 5.11 Å². The second kappa shape index (κ2) is 5.87. The maximum absolute atomic E-state index is 8.63. The van der Waals surface area contributed by atoms with Crippen LogP contribution in [0.15, 0.2) is 30.3 Å². The van der Waals surface area contributed by atoms with E-state index in [2.05, 4.69) is 0 Å². The fourth-order valence-corrected chi connectivity index (χ4v) is 0.428. The molecule has 0 saturated carbocycles. The average molecular weight is 317 g/mol. The molecule has 0 saturated heterocycles. The summed E-state index contributed by atoms with van der Waals surface area (Å²) in [6.07, 6.45) is 0. The molecule has 0 atom stereocenters. The molecular formula is C6H6O2Pb. The maximum atomic E-state index is 8.63. The number of benzene rings is 1. The third kappa shape index (κ3) is 4.26. The van der Waals surface area contributed by atoms with E-state index in [0.29, 0.717) is 5.75 Å². The van der Waals surface area contributed by atoms with E-state index in [1.807, 2.05) is 6.07 Å². The van der Waals surface area contributed by atoms with Gasteiger partial charge in [0.2, 0.25) is 0 Å². The van der Waals surface area contributed by atoms with Crippen molar-refractivity contribution < 1.29 is 7.79 Å². The summed E-state index contributed by atoms with van der Waals surface area (Å²) in [5, 5.41) is 8.63. The van der Waals surface area contributed by atoms with Crippen LogP contribution in [0.3, 0.4) is 0 Å². The van der Waals surface area contributed by atoms with Crippen LogP contribution < -0.4 is 0 Å². The van der Waals surface area contributed by atoms with Crippen molar-refractivity contribution in [1.82, 2.24) is 0 Å². The molecule has 3 heteroatoms. The summed E-state index contributed by atoms with van der Waals surface area (Å²) < 4.78 is 8.39. The van der Waals surface area contributed by atoms with Gasteiger partial charge in [0, 0.05) is 0 Å². The molecule has 0 amide bonds. The second-order valence-corrected chi connectivity index (χ2v) is 1.34. The Kier molecular flexibility index (Phi) is 5.70. The quantitative estimate of drug-likeness (QED) is 0.722. The van der Waals surface area contributed by atoms with E-state index in [-0.39, 0.29) is 25.8 Å². The van der Waals surface area contributed by atoms with Crippen LogP contribution in [0.2, 0.25) is 0 Å². The molecule has 0 aliphatic heterocycles. The summed E-state index contributed by atoms with van der Waals surface area (Å²) in [7, 11) is 0. The number of para-hydroxylation sites is 1. The number of phenolic OH excluding ortho intramolecular Hbond substituents is 1. The molecule has 0 fully saturated rings. The average Bonchev–Trinajstić information content (AvgIpc) is 1.94. The molecule has 1 aromatic rings. The standard InChI is InChI=1S/C6H6O.O.Pb/c7-6-4-2-1-3-5-6;;/h1-5,7H;;. The van der Waals surface area contributed by atoms with E-state index in [4.69, 9.17) is 7.79 Å². The van der Waals surface area contributed by atoms with Gasteiger partial charge in [-0.2, -0.15) is 0 Å². The molecule has 0 aromatic heterocycles. The van der Waals surface area contributed by atoms with E-state index in [1.54, 1.807) is 24.3 Å². The zero-order valence-corrected chi connectivity index (χ0v) is 8.63. The molecule has 1 rings (SSSR count). The molecule has 0 bridgehead atoms. The third-order valence-corrected chi connectivity index (χ3v) is 0.756. The molecule has 1 N–H and O–H groups in total. The Morgan fingerprint density at radius 2 is 1.56 bits per heavy atom. The minimum absolute atomic E-state index is 0.0556. The topological polar surface area (TPSA) is 37.3 Å². The zero-order valence-electron chi connectivity index (χ0n) is 4.74. The Balaban J connectivity index is 0.000000291. The van der Waals surface area contributed by atoms with Gasteiger partial charge in [-0.3, -0.25) is 0 Å². The molecule has 0 unspecified atom stereocenters.